The second-order valence-electron chi connectivity index (χ2n) is 5.36. The number of amides is 1. The second-order valence-corrected chi connectivity index (χ2v) is 5.36. The van der Waals surface area contributed by atoms with Gasteiger partial charge < -0.3 is 10.5 Å². The number of carbonyl (C=O) groups excluding carboxylic acids is 1. The number of primary amides is 1. The molecule has 0 radical (unpaired) electrons. The number of carbonyl (C=O) groups is 1. The summed E-state index contributed by atoms with van der Waals surface area (Å²) in [5.41, 5.74) is 6.22. The van der Waals surface area contributed by atoms with Gasteiger partial charge in [-0.1, -0.05) is 12.1 Å². The molecule has 0 aliphatic heterocycles. The Morgan fingerprint density at radius 3 is 2.68 bits per heavy atom. The molecule has 7 heteroatoms. The lowest BCUT2D eigenvalue weighted by Gasteiger charge is -2.05. The van der Waals surface area contributed by atoms with Crippen molar-refractivity contribution >= 4 is 23.0 Å². The second kappa shape index (κ2) is 6.96. The first-order chi connectivity index (χ1) is 12.0. The minimum Gasteiger partial charge on any atom is -0.484 e. The molecule has 1 heterocycles. The third-order valence-electron chi connectivity index (χ3n) is 3.50. The normalized spacial score (nSPS) is 11.1. The van der Waals surface area contributed by atoms with Crippen molar-refractivity contribution in [1.29, 1.82) is 0 Å². The van der Waals surface area contributed by atoms with Gasteiger partial charge in [0.2, 0.25) is 0 Å². The highest BCUT2D eigenvalue weighted by Crippen LogP contribution is 2.11. The highest BCUT2D eigenvalue weighted by molar-refractivity contribution is 5.80. The van der Waals surface area contributed by atoms with E-state index >= 15 is 0 Å². The summed E-state index contributed by atoms with van der Waals surface area (Å²) in [7, 11) is 0. The first-order valence-electron chi connectivity index (χ1n) is 7.58. The molecular weight excluding hydrogens is 320 g/mol. The van der Waals surface area contributed by atoms with Gasteiger partial charge in [-0.05, 0) is 48.9 Å². The molecule has 3 rings (SSSR count). The van der Waals surface area contributed by atoms with E-state index in [4.69, 9.17) is 10.5 Å². The number of aromatic nitrogens is 2. The molecule has 0 saturated carbocycles. The Hall–Kier alpha value is -3.48. The Morgan fingerprint density at radius 2 is 1.96 bits per heavy atom. The van der Waals surface area contributed by atoms with Crippen molar-refractivity contribution in [2.45, 2.75) is 6.92 Å². The fraction of sp³-hybridized carbons (Fsp3) is 0.111. The van der Waals surface area contributed by atoms with Crippen LogP contribution in [-0.2, 0) is 4.79 Å². The van der Waals surface area contributed by atoms with Crippen LogP contribution in [0.3, 0.4) is 0 Å². The van der Waals surface area contributed by atoms with Crippen LogP contribution in [0.4, 0.5) is 0 Å². The average Bonchev–Trinajstić information content (AvgIpc) is 2.60. The van der Waals surface area contributed by atoms with Gasteiger partial charge in [0.15, 0.2) is 6.61 Å². The molecule has 0 spiro atoms. The summed E-state index contributed by atoms with van der Waals surface area (Å²) in [5.74, 6) is 0.488. The van der Waals surface area contributed by atoms with Crippen molar-refractivity contribution in [3.8, 4) is 5.75 Å². The molecule has 2 aromatic carbocycles. The Kier molecular flexibility index (Phi) is 4.56. The van der Waals surface area contributed by atoms with E-state index in [2.05, 4.69) is 10.1 Å². The van der Waals surface area contributed by atoms with Crippen molar-refractivity contribution in [2.24, 2.45) is 10.8 Å². The van der Waals surface area contributed by atoms with Gasteiger partial charge in [0.05, 0.1) is 17.1 Å². The number of hydrogen-bond donors (Lipinski definition) is 1. The number of aryl methyl sites for hydroxylation is 1. The Bertz CT molecular complexity index is 1010. The van der Waals surface area contributed by atoms with Crippen LogP contribution < -0.4 is 16.0 Å². The standard InChI is InChI=1S/C18H16N4O3/c1-12-21-16-5-3-2-4-15(16)18(24)22(12)20-10-13-6-8-14(9-7-13)25-11-17(19)23/h2-10H,11H2,1H3,(H2,19,23). The van der Waals surface area contributed by atoms with E-state index in [1.54, 1.807) is 55.6 Å². The Balaban J connectivity index is 1.86. The highest BCUT2D eigenvalue weighted by Gasteiger charge is 2.06. The lowest BCUT2D eigenvalue weighted by molar-refractivity contribution is -0.119. The van der Waals surface area contributed by atoms with E-state index in [-0.39, 0.29) is 12.2 Å². The Labute approximate surface area is 143 Å². The van der Waals surface area contributed by atoms with Crippen molar-refractivity contribution in [2.75, 3.05) is 6.61 Å². The largest absolute Gasteiger partial charge is 0.484 e. The molecule has 25 heavy (non-hydrogen) atoms. The SMILES string of the molecule is Cc1nc2ccccc2c(=O)n1N=Cc1ccc(OCC(N)=O)cc1. The molecule has 0 fully saturated rings. The number of benzene rings is 2. The number of para-hydroxylation sites is 1. The predicted octanol–water partition coefficient (Wildman–Crippen LogP) is 1.45. The zero-order chi connectivity index (χ0) is 17.8. The summed E-state index contributed by atoms with van der Waals surface area (Å²) in [5, 5.41) is 4.75. The number of hydrogen-bond acceptors (Lipinski definition) is 5. The van der Waals surface area contributed by atoms with Crippen LogP contribution in [0.25, 0.3) is 10.9 Å². The van der Waals surface area contributed by atoms with E-state index in [1.165, 1.54) is 4.68 Å². The van der Waals surface area contributed by atoms with E-state index < -0.39 is 5.91 Å². The van der Waals surface area contributed by atoms with Gasteiger partial charge in [-0.2, -0.15) is 9.78 Å². The summed E-state index contributed by atoms with van der Waals surface area (Å²) in [4.78, 5) is 27.6. The lowest BCUT2D eigenvalue weighted by atomic mass is 10.2. The Morgan fingerprint density at radius 1 is 1.24 bits per heavy atom. The van der Waals surface area contributed by atoms with Crippen LogP contribution in [0.5, 0.6) is 5.75 Å². The zero-order valence-electron chi connectivity index (χ0n) is 13.5. The number of fused-ring (bicyclic) bond motifs is 1. The molecule has 2 N–H and O–H groups in total. The van der Waals surface area contributed by atoms with Gasteiger partial charge in [-0.3, -0.25) is 9.59 Å². The minimum absolute atomic E-state index is 0.176. The van der Waals surface area contributed by atoms with E-state index in [0.29, 0.717) is 22.5 Å². The van der Waals surface area contributed by atoms with Crippen molar-refractivity contribution in [1.82, 2.24) is 9.66 Å². The molecular formula is C18H16N4O3. The first-order valence-corrected chi connectivity index (χ1v) is 7.58. The van der Waals surface area contributed by atoms with Crippen molar-refractivity contribution < 1.29 is 9.53 Å². The lowest BCUT2D eigenvalue weighted by Crippen LogP contribution is -2.20. The number of ether oxygens (including phenoxy) is 1. The number of nitrogens with zero attached hydrogens (tertiary/aromatic N) is 3. The van der Waals surface area contributed by atoms with Gasteiger partial charge in [0.1, 0.15) is 11.6 Å². The maximum Gasteiger partial charge on any atom is 0.282 e. The van der Waals surface area contributed by atoms with Gasteiger partial charge in [0.25, 0.3) is 11.5 Å². The van der Waals surface area contributed by atoms with Gasteiger partial charge >= 0.3 is 0 Å². The highest BCUT2D eigenvalue weighted by atomic mass is 16.5. The molecule has 0 aliphatic carbocycles. The summed E-state index contributed by atoms with van der Waals surface area (Å²) in [6.07, 6.45) is 1.56. The van der Waals surface area contributed by atoms with Crippen LogP contribution in [0.2, 0.25) is 0 Å². The summed E-state index contributed by atoms with van der Waals surface area (Å²) in [6.45, 7) is 1.55. The van der Waals surface area contributed by atoms with Crippen LogP contribution in [0.1, 0.15) is 11.4 Å². The number of nitrogens with two attached hydrogens (primary N) is 1. The molecule has 0 bridgehead atoms. The predicted molar refractivity (Wildman–Crippen MR) is 94.9 cm³/mol. The maximum atomic E-state index is 12.5. The average molecular weight is 336 g/mol. The molecule has 0 aliphatic rings. The topological polar surface area (TPSA) is 99.6 Å². The van der Waals surface area contributed by atoms with Gasteiger partial charge in [0, 0.05) is 0 Å². The fourth-order valence-corrected chi connectivity index (χ4v) is 2.30. The zero-order valence-corrected chi connectivity index (χ0v) is 13.5. The molecule has 1 aromatic heterocycles. The molecule has 0 atom stereocenters. The monoisotopic (exact) mass is 336 g/mol. The van der Waals surface area contributed by atoms with Crippen LogP contribution in [0, 0.1) is 6.92 Å². The molecule has 7 nitrogen and oxygen atoms in total. The summed E-state index contributed by atoms with van der Waals surface area (Å²) < 4.78 is 6.45. The molecule has 3 aromatic rings. The van der Waals surface area contributed by atoms with Crippen molar-refractivity contribution in [3.05, 3.63) is 70.3 Å². The number of rotatable bonds is 5. The summed E-state index contributed by atoms with van der Waals surface area (Å²) in [6, 6.07) is 14.0. The third kappa shape index (κ3) is 3.72. The summed E-state index contributed by atoms with van der Waals surface area (Å²) >= 11 is 0. The van der Waals surface area contributed by atoms with Crippen LogP contribution >= 0.6 is 0 Å². The van der Waals surface area contributed by atoms with Crippen molar-refractivity contribution in [3.63, 3.8) is 0 Å². The molecule has 0 unspecified atom stereocenters. The van der Waals surface area contributed by atoms with E-state index in [1.807, 2.05) is 6.07 Å². The molecule has 1 amide bonds. The fourth-order valence-electron chi connectivity index (χ4n) is 2.30. The first kappa shape index (κ1) is 16.4. The van der Waals surface area contributed by atoms with E-state index in [9.17, 15) is 9.59 Å². The smallest absolute Gasteiger partial charge is 0.282 e. The van der Waals surface area contributed by atoms with Gasteiger partial charge in [-0.25, -0.2) is 4.98 Å². The quantitative estimate of drug-likeness (QED) is 0.713. The minimum atomic E-state index is -0.538. The maximum absolute atomic E-state index is 12.5. The van der Waals surface area contributed by atoms with Gasteiger partial charge in [-0.15, -0.1) is 0 Å². The molecule has 126 valence electrons. The van der Waals surface area contributed by atoms with Crippen LogP contribution in [-0.4, -0.2) is 28.4 Å². The van der Waals surface area contributed by atoms with E-state index in [0.717, 1.165) is 5.56 Å². The molecule has 0 saturated heterocycles. The van der Waals surface area contributed by atoms with Crippen LogP contribution in [0.15, 0.2) is 58.4 Å². The third-order valence-corrected chi connectivity index (χ3v) is 3.50.